The van der Waals surface area contributed by atoms with Crippen molar-refractivity contribution in [3.8, 4) is 5.75 Å². The quantitative estimate of drug-likeness (QED) is 0.766. The number of rotatable bonds is 7. The first kappa shape index (κ1) is 20.5. The van der Waals surface area contributed by atoms with Crippen LogP contribution < -0.4 is 10.1 Å². The number of hydrogen-bond acceptors (Lipinski definition) is 3. The highest BCUT2D eigenvalue weighted by Crippen LogP contribution is 2.46. The van der Waals surface area contributed by atoms with Gasteiger partial charge in [-0.15, -0.1) is 0 Å². The minimum absolute atomic E-state index is 0.0290. The zero-order valence-corrected chi connectivity index (χ0v) is 17.7. The van der Waals surface area contributed by atoms with Crippen molar-refractivity contribution in [3.05, 3.63) is 65.7 Å². The highest BCUT2D eigenvalue weighted by molar-refractivity contribution is 5.80. The predicted octanol–water partition coefficient (Wildman–Crippen LogP) is 3.43. The summed E-state index contributed by atoms with van der Waals surface area (Å²) in [5.74, 6) is 2.23. The summed E-state index contributed by atoms with van der Waals surface area (Å²) in [6, 6.07) is 18.1. The second-order valence-corrected chi connectivity index (χ2v) is 8.65. The number of carbonyl (C=O) groups is 2. The normalized spacial score (nSPS) is 25.3. The van der Waals surface area contributed by atoms with Crippen LogP contribution in [0, 0.1) is 17.8 Å². The summed E-state index contributed by atoms with van der Waals surface area (Å²) in [6.45, 7) is 3.58. The largest absolute Gasteiger partial charge is 0.497 e. The molecule has 30 heavy (non-hydrogen) atoms. The number of carbonyl (C=O) groups excluding carboxylic acids is 2. The summed E-state index contributed by atoms with van der Waals surface area (Å²) in [7, 11) is 1.63. The van der Waals surface area contributed by atoms with Crippen molar-refractivity contribution in [1.29, 1.82) is 0 Å². The fourth-order valence-electron chi connectivity index (χ4n) is 5.15. The number of methoxy groups -OCH3 is 1. The third-order valence-electron chi connectivity index (χ3n) is 6.77. The molecular weight excluding hydrogens is 376 g/mol. The van der Waals surface area contributed by atoms with Gasteiger partial charge in [-0.25, -0.2) is 0 Å². The predicted molar refractivity (Wildman–Crippen MR) is 116 cm³/mol. The summed E-state index contributed by atoms with van der Waals surface area (Å²) >= 11 is 0. The second kappa shape index (κ2) is 8.90. The molecule has 2 aromatic carbocycles. The minimum Gasteiger partial charge on any atom is -0.497 e. The smallest absolute Gasteiger partial charge is 0.224 e. The van der Waals surface area contributed by atoms with Crippen molar-refractivity contribution in [2.75, 3.05) is 13.7 Å². The SMILES string of the molecule is COc1ccc(CC(=O)NC[C@H]2[C@@H]3CC(=O)N(Cc4ccccc4)[C@@H]3C[C@@H]2C)cc1. The molecule has 2 fully saturated rings. The van der Waals surface area contributed by atoms with E-state index in [0.717, 1.165) is 17.7 Å². The van der Waals surface area contributed by atoms with Gasteiger partial charge in [0, 0.05) is 25.6 Å². The zero-order chi connectivity index (χ0) is 21.1. The Hall–Kier alpha value is -2.82. The van der Waals surface area contributed by atoms with Gasteiger partial charge >= 0.3 is 0 Å². The molecule has 2 aliphatic rings. The van der Waals surface area contributed by atoms with Gasteiger partial charge in [-0.1, -0.05) is 49.4 Å². The third kappa shape index (κ3) is 4.35. The van der Waals surface area contributed by atoms with Gasteiger partial charge in [0.15, 0.2) is 0 Å². The fraction of sp³-hybridized carbons (Fsp3) is 0.440. The Labute approximate surface area is 178 Å². The molecule has 5 heteroatoms. The number of fused-ring (bicyclic) bond motifs is 1. The molecular formula is C25H30N2O3. The van der Waals surface area contributed by atoms with E-state index in [1.165, 1.54) is 5.56 Å². The Morgan fingerprint density at radius 3 is 2.53 bits per heavy atom. The van der Waals surface area contributed by atoms with E-state index >= 15 is 0 Å². The average Bonchev–Trinajstić information content (AvgIpc) is 3.21. The standard InChI is InChI=1S/C25H30N2O3/c1-17-12-23-21(14-25(29)27(23)16-19-6-4-3-5-7-19)22(17)15-26-24(28)13-18-8-10-20(30-2)11-9-18/h3-11,17,21-23H,12-16H2,1-2H3,(H,26,28)/t17-,21-,22+,23+/m0/s1. The molecule has 0 aromatic heterocycles. The summed E-state index contributed by atoms with van der Waals surface area (Å²) in [5.41, 5.74) is 2.14. The summed E-state index contributed by atoms with van der Waals surface area (Å²) in [6.07, 6.45) is 1.97. The third-order valence-corrected chi connectivity index (χ3v) is 6.77. The van der Waals surface area contributed by atoms with E-state index in [1.54, 1.807) is 7.11 Å². The van der Waals surface area contributed by atoms with Crippen molar-refractivity contribution in [1.82, 2.24) is 10.2 Å². The van der Waals surface area contributed by atoms with Crippen molar-refractivity contribution in [2.45, 2.75) is 38.8 Å². The van der Waals surface area contributed by atoms with Crippen molar-refractivity contribution in [3.63, 3.8) is 0 Å². The molecule has 158 valence electrons. The van der Waals surface area contributed by atoms with Crippen LogP contribution in [0.2, 0.25) is 0 Å². The Balaban J connectivity index is 1.33. The molecule has 2 aromatic rings. The highest BCUT2D eigenvalue weighted by atomic mass is 16.5. The molecule has 1 N–H and O–H groups in total. The van der Waals surface area contributed by atoms with Crippen LogP contribution in [0.25, 0.3) is 0 Å². The lowest BCUT2D eigenvalue weighted by atomic mass is 9.88. The first-order chi connectivity index (χ1) is 14.5. The number of nitrogens with zero attached hydrogens (tertiary/aromatic N) is 1. The molecule has 0 radical (unpaired) electrons. The summed E-state index contributed by atoms with van der Waals surface area (Å²) in [4.78, 5) is 27.2. The monoisotopic (exact) mass is 406 g/mol. The minimum atomic E-state index is 0.0290. The van der Waals surface area contributed by atoms with Gasteiger partial charge in [-0.05, 0) is 47.4 Å². The lowest BCUT2D eigenvalue weighted by Gasteiger charge is -2.24. The molecule has 4 atom stereocenters. The van der Waals surface area contributed by atoms with Gasteiger partial charge in [0.2, 0.25) is 11.8 Å². The molecule has 0 unspecified atom stereocenters. The Morgan fingerprint density at radius 1 is 1.10 bits per heavy atom. The van der Waals surface area contributed by atoms with Crippen LogP contribution >= 0.6 is 0 Å². The van der Waals surface area contributed by atoms with E-state index in [4.69, 9.17) is 4.74 Å². The lowest BCUT2D eigenvalue weighted by molar-refractivity contribution is -0.129. The van der Waals surface area contributed by atoms with E-state index < -0.39 is 0 Å². The van der Waals surface area contributed by atoms with E-state index in [2.05, 4.69) is 29.3 Å². The zero-order valence-electron chi connectivity index (χ0n) is 17.7. The van der Waals surface area contributed by atoms with Crippen molar-refractivity contribution in [2.24, 2.45) is 17.8 Å². The number of ether oxygens (including phenoxy) is 1. The molecule has 0 bridgehead atoms. The van der Waals surface area contributed by atoms with Crippen LogP contribution in [0.15, 0.2) is 54.6 Å². The van der Waals surface area contributed by atoms with Gasteiger partial charge in [0.1, 0.15) is 5.75 Å². The molecule has 1 aliphatic heterocycles. The topological polar surface area (TPSA) is 58.6 Å². The molecule has 1 aliphatic carbocycles. The molecule has 2 amide bonds. The van der Waals surface area contributed by atoms with E-state index in [0.29, 0.717) is 43.7 Å². The molecule has 1 saturated heterocycles. The van der Waals surface area contributed by atoms with Crippen molar-refractivity contribution < 1.29 is 14.3 Å². The maximum absolute atomic E-state index is 12.7. The first-order valence-electron chi connectivity index (χ1n) is 10.8. The van der Waals surface area contributed by atoms with E-state index in [9.17, 15) is 9.59 Å². The van der Waals surface area contributed by atoms with Crippen LogP contribution in [0.3, 0.4) is 0 Å². The van der Waals surface area contributed by atoms with E-state index in [1.807, 2.05) is 42.5 Å². The number of nitrogens with one attached hydrogen (secondary N) is 1. The molecule has 5 nitrogen and oxygen atoms in total. The Morgan fingerprint density at radius 2 is 1.83 bits per heavy atom. The van der Waals surface area contributed by atoms with Gasteiger partial charge < -0.3 is 15.0 Å². The number of likely N-dealkylation sites (tertiary alicyclic amines) is 1. The van der Waals surface area contributed by atoms with Crippen LogP contribution in [-0.4, -0.2) is 36.4 Å². The summed E-state index contributed by atoms with van der Waals surface area (Å²) < 4.78 is 5.16. The maximum Gasteiger partial charge on any atom is 0.224 e. The molecule has 0 spiro atoms. The van der Waals surface area contributed by atoms with Gasteiger partial charge in [0.25, 0.3) is 0 Å². The Bertz CT molecular complexity index is 881. The van der Waals surface area contributed by atoms with E-state index in [-0.39, 0.29) is 17.9 Å². The lowest BCUT2D eigenvalue weighted by Crippen LogP contribution is -2.35. The second-order valence-electron chi connectivity index (χ2n) is 8.65. The molecule has 1 saturated carbocycles. The number of amides is 2. The maximum atomic E-state index is 12.7. The van der Waals surface area contributed by atoms with Gasteiger partial charge in [-0.2, -0.15) is 0 Å². The fourth-order valence-corrected chi connectivity index (χ4v) is 5.15. The van der Waals surface area contributed by atoms with Crippen LogP contribution in [0.4, 0.5) is 0 Å². The molecule has 4 rings (SSSR count). The van der Waals surface area contributed by atoms with Gasteiger partial charge in [-0.3, -0.25) is 9.59 Å². The summed E-state index contributed by atoms with van der Waals surface area (Å²) in [5, 5.41) is 3.12. The molecule has 1 heterocycles. The van der Waals surface area contributed by atoms with Crippen LogP contribution in [0.1, 0.15) is 30.9 Å². The number of benzene rings is 2. The average molecular weight is 407 g/mol. The number of hydrogen-bond donors (Lipinski definition) is 1. The van der Waals surface area contributed by atoms with Crippen molar-refractivity contribution >= 4 is 11.8 Å². The Kier molecular flexibility index (Phi) is 6.07. The van der Waals surface area contributed by atoms with Crippen LogP contribution in [0.5, 0.6) is 5.75 Å². The highest BCUT2D eigenvalue weighted by Gasteiger charge is 2.50. The first-order valence-corrected chi connectivity index (χ1v) is 10.8. The van der Waals surface area contributed by atoms with Gasteiger partial charge in [0.05, 0.1) is 13.5 Å². The van der Waals surface area contributed by atoms with Crippen LogP contribution in [-0.2, 0) is 22.6 Å².